The van der Waals surface area contributed by atoms with E-state index in [-0.39, 0.29) is 25.0 Å². The van der Waals surface area contributed by atoms with Crippen LogP contribution in [0.4, 0.5) is 11.4 Å². The van der Waals surface area contributed by atoms with Crippen LogP contribution in [0.5, 0.6) is 11.5 Å². The van der Waals surface area contributed by atoms with Crippen LogP contribution < -0.4 is 20.1 Å². The summed E-state index contributed by atoms with van der Waals surface area (Å²) in [5.41, 5.74) is 3.67. The molecule has 0 bridgehead atoms. The quantitative estimate of drug-likeness (QED) is 0.118. The number of benzene rings is 6. The molecule has 0 radical (unpaired) electrons. The van der Waals surface area contributed by atoms with E-state index < -0.39 is 0 Å². The Morgan fingerprint density at radius 3 is 1.30 bits per heavy atom. The Morgan fingerprint density at radius 2 is 0.920 bits per heavy atom. The Bertz CT molecular complexity index is 1910. The lowest BCUT2D eigenvalue weighted by Crippen LogP contribution is -2.15. The molecule has 0 atom stereocenters. The van der Waals surface area contributed by atoms with Gasteiger partial charge in [0.15, 0.2) is 0 Å². The van der Waals surface area contributed by atoms with Gasteiger partial charge in [0.2, 0.25) is 0 Å². The van der Waals surface area contributed by atoms with Gasteiger partial charge in [-0.15, -0.1) is 0 Å². The van der Waals surface area contributed by atoms with Gasteiger partial charge in [-0.2, -0.15) is 0 Å². The number of anilines is 2. The SMILES string of the molecule is COC(=O)CNc1cc2cc(Br)ccc2cc1OCc1ccccc1.COC(=O)CNc1cc2cc(Br)ccc2cc1OCc1ccccc1. The number of carbonyl (C=O) groups is 2. The van der Waals surface area contributed by atoms with E-state index in [9.17, 15) is 9.59 Å². The molecule has 0 heterocycles. The van der Waals surface area contributed by atoms with Crippen molar-refractivity contribution in [2.45, 2.75) is 13.2 Å². The molecule has 0 aromatic heterocycles. The molecular formula is C40H36Br2N2O6. The van der Waals surface area contributed by atoms with E-state index in [0.29, 0.717) is 24.7 Å². The molecule has 8 nitrogen and oxygen atoms in total. The van der Waals surface area contributed by atoms with Crippen LogP contribution in [0.15, 0.2) is 130 Å². The van der Waals surface area contributed by atoms with E-state index in [1.807, 2.05) is 121 Å². The van der Waals surface area contributed by atoms with Crippen LogP contribution in [0.25, 0.3) is 21.5 Å². The van der Waals surface area contributed by atoms with Crippen molar-refractivity contribution >= 4 is 76.7 Å². The number of methoxy groups -OCH3 is 2. The first-order valence-corrected chi connectivity index (χ1v) is 17.3. The minimum absolute atomic E-state index is 0.0811. The van der Waals surface area contributed by atoms with Crippen LogP contribution >= 0.6 is 31.9 Å². The molecule has 0 saturated carbocycles. The highest BCUT2D eigenvalue weighted by Gasteiger charge is 2.11. The highest BCUT2D eigenvalue weighted by Crippen LogP contribution is 2.34. The normalized spacial score (nSPS) is 10.5. The predicted octanol–water partition coefficient (Wildman–Crippen LogP) is 9.53. The number of nitrogens with one attached hydrogen (secondary N) is 2. The number of hydrogen-bond donors (Lipinski definition) is 2. The third-order valence-electron chi connectivity index (χ3n) is 7.58. The van der Waals surface area contributed by atoms with Crippen LogP contribution in [0.2, 0.25) is 0 Å². The molecule has 10 heteroatoms. The molecule has 50 heavy (non-hydrogen) atoms. The Hall–Kier alpha value is -5.06. The van der Waals surface area contributed by atoms with E-state index >= 15 is 0 Å². The second-order valence-electron chi connectivity index (χ2n) is 11.1. The van der Waals surface area contributed by atoms with E-state index in [1.165, 1.54) is 14.2 Å². The van der Waals surface area contributed by atoms with Gasteiger partial charge >= 0.3 is 11.9 Å². The van der Waals surface area contributed by atoms with Gasteiger partial charge in [-0.3, -0.25) is 9.59 Å². The molecule has 6 rings (SSSR count). The molecule has 6 aromatic carbocycles. The van der Waals surface area contributed by atoms with Crippen molar-refractivity contribution in [2.24, 2.45) is 0 Å². The summed E-state index contributed by atoms with van der Waals surface area (Å²) in [5, 5.41) is 10.4. The Balaban J connectivity index is 0.000000194. The molecule has 0 fully saturated rings. The maximum atomic E-state index is 11.5. The minimum Gasteiger partial charge on any atom is -0.487 e. The number of ether oxygens (including phenoxy) is 4. The van der Waals surface area contributed by atoms with Crippen molar-refractivity contribution in [1.82, 2.24) is 0 Å². The molecule has 0 unspecified atom stereocenters. The number of fused-ring (bicyclic) bond motifs is 2. The number of carbonyl (C=O) groups excluding carboxylic acids is 2. The summed E-state index contributed by atoms with van der Waals surface area (Å²) in [4.78, 5) is 22.9. The van der Waals surface area contributed by atoms with Crippen molar-refractivity contribution < 1.29 is 28.5 Å². The fraction of sp³-hybridized carbons (Fsp3) is 0.150. The van der Waals surface area contributed by atoms with E-state index in [0.717, 1.165) is 53.0 Å². The summed E-state index contributed by atoms with van der Waals surface area (Å²) in [6.07, 6.45) is 0. The first-order chi connectivity index (χ1) is 24.3. The fourth-order valence-corrected chi connectivity index (χ4v) is 5.72. The largest absolute Gasteiger partial charge is 0.487 e. The lowest BCUT2D eigenvalue weighted by atomic mass is 10.1. The summed E-state index contributed by atoms with van der Waals surface area (Å²) in [6.45, 7) is 1.07. The maximum Gasteiger partial charge on any atom is 0.325 e. The summed E-state index contributed by atoms with van der Waals surface area (Å²) in [6, 6.07) is 39.9. The molecule has 256 valence electrons. The van der Waals surface area contributed by atoms with Crippen molar-refractivity contribution in [2.75, 3.05) is 37.9 Å². The molecular weight excluding hydrogens is 764 g/mol. The molecule has 0 amide bonds. The second-order valence-corrected chi connectivity index (χ2v) is 12.9. The van der Waals surface area contributed by atoms with Crippen LogP contribution in [0.3, 0.4) is 0 Å². The number of hydrogen-bond acceptors (Lipinski definition) is 8. The van der Waals surface area contributed by atoms with Crippen LogP contribution in [-0.2, 0) is 32.3 Å². The van der Waals surface area contributed by atoms with Crippen molar-refractivity contribution in [1.29, 1.82) is 0 Å². The van der Waals surface area contributed by atoms with Crippen molar-refractivity contribution in [3.05, 3.63) is 141 Å². The Labute approximate surface area is 308 Å². The van der Waals surface area contributed by atoms with Gasteiger partial charge in [-0.05, 0) is 81.2 Å². The predicted molar refractivity (Wildman–Crippen MR) is 206 cm³/mol. The fourth-order valence-electron chi connectivity index (χ4n) is 4.96. The lowest BCUT2D eigenvalue weighted by molar-refractivity contribution is -0.139. The van der Waals surface area contributed by atoms with E-state index in [1.54, 1.807) is 0 Å². The molecule has 0 aliphatic carbocycles. The minimum atomic E-state index is -0.330. The van der Waals surface area contributed by atoms with Crippen molar-refractivity contribution in [3.63, 3.8) is 0 Å². The van der Waals surface area contributed by atoms with Gasteiger partial charge in [-0.25, -0.2) is 0 Å². The van der Waals surface area contributed by atoms with E-state index in [2.05, 4.69) is 42.5 Å². The van der Waals surface area contributed by atoms with Crippen LogP contribution in [-0.4, -0.2) is 39.2 Å². The first-order valence-electron chi connectivity index (χ1n) is 15.7. The zero-order valence-electron chi connectivity index (χ0n) is 27.6. The maximum absolute atomic E-state index is 11.5. The van der Waals surface area contributed by atoms with Gasteiger partial charge in [0.25, 0.3) is 0 Å². The summed E-state index contributed by atoms with van der Waals surface area (Å²) in [5.74, 6) is 0.733. The molecule has 0 aliphatic heterocycles. The number of halogens is 2. The second kappa shape index (κ2) is 18.1. The summed E-state index contributed by atoms with van der Waals surface area (Å²) in [7, 11) is 2.74. The Kier molecular flexibility index (Phi) is 13.1. The highest BCUT2D eigenvalue weighted by molar-refractivity contribution is 9.10. The monoisotopic (exact) mass is 798 g/mol. The highest BCUT2D eigenvalue weighted by atomic mass is 79.9. The van der Waals surface area contributed by atoms with Gasteiger partial charge in [0.05, 0.1) is 25.6 Å². The number of esters is 2. The van der Waals surface area contributed by atoms with Gasteiger partial charge in [-0.1, -0.05) is 105 Å². The number of rotatable bonds is 12. The zero-order valence-corrected chi connectivity index (χ0v) is 30.8. The molecule has 2 N–H and O–H groups in total. The molecule has 0 aliphatic rings. The smallest absolute Gasteiger partial charge is 0.325 e. The van der Waals surface area contributed by atoms with Crippen molar-refractivity contribution in [3.8, 4) is 11.5 Å². The van der Waals surface area contributed by atoms with Gasteiger partial charge in [0.1, 0.15) is 37.8 Å². The average Bonchev–Trinajstić information content (AvgIpc) is 3.15. The topological polar surface area (TPSA) is 95.1 Å². The first kappa shape index (κ1) is 36.2. The van der Waals surface area contributed by atoms with Gasteiger partial charge < -0.3 is 29.6 Å². The summed E-state index contributed by atoms with van der Waals surface area (Å²) < 4.78 is 23.4. The molecule has 0 spiro atoms. The Morgan fingerprint density at radius 1 is 0.520 bits per heavy atom. The van der Waals surface area contributed by atoms with Crippen LogP contribution in [0.1, 0.15) is 11.1 Å². The van der Waals surface area contributed by atoms with E-state index in [4.69, 9.17) is 18.9 Å². The molecule has 6 aromatic rings. The standard InChI is InChI=1S/2C20H18BrNO3/c2*1-24-20(23)12-22-18-10-16-9-17(21)8-7-15(16)11-19(18)25-13-14-5-3-2-4-6-14/h2*2-11,22H,12-13H2,1H3. The zero-order chi connectivity index (χ0) is 35.3. The third kappa shape index (κ3) is 10.5. The average molecular weight is 801 g/mol. The lowest BCUT2D eigenvalue weighted by Gasteiger charge is -2.14. The van der Waals surface area contributed by atoms with Crippen LogP contribution in [0, 0.1) is 0 Å². The third-order valence-corrected chi connectivity index (χ3v) is 8.56. The van der Waals surface area contributed by atoms with Gasteiger partial charge in [0, 0.05) is 8.95 Å². The summed E-state index contributed by atoms with van der Waals surface area (Å²) >= 11 is 6.97. The molecule has 0 saturated heterocycles.